The van der Waals surface area contributed by atoms with E-state index in [0.717, 1.165) is 0 Å². The Morgan fingerprint density at radius 2 is 1.84 bits per heavy atom. The van der Waals surface area contributed by atoms with Gasteiger partial charge in [0.25, 0.3) is 5.91 Å². The second-order valence-corrected chi connectivity index (χ2v) is 3.85. The van der Waals surface area contributed by atoms with Crippen molar-refractivity contribution < 1.29 is 22.4 Å². The fourth-order valence-electron chi connectivity index (χ4n) is 1.32. The Morgan fingerprint density at radius 3 is 2.26 bits per heavy atom. The number of nitrogens with one attached hydrogen (secondary N) is 1. The third-order valence-electron chi connectivity index (χ3n) is 2.46. The molecule has 7 heteroatoms. The van der Waals surface area contributed by atoms with Crippen molar-refractivity contribution in [3.63, 3.8) is 0 Å². The minimum atomic E-state index is -4.72. The highest BCUT2D eigenvalue weighted by Gasteiger charge is 2.49. The van der Waals surface area contributed by atoms with Gasteiger partial charge < -0.3 is 5.32 Å². The maximum absolute atomic E-state index is 12.7. The molecule has 102 valence electrons. The molecule has 0 aliphatic rings. The van der Waals surface area contributed by atoms with Gasteiger partial charge in [-0.25, -0.2) is 8.78 Å². The lowest BCUT2D eigenvalue weighted by molar-refractivity contribution is -0.170. The molecule has 0 aromatic heterocycles. The van der Waals surface area contributed by atoms with Crippen LogP contribution in [0.4, 0.5) is 17.6 Å². The van der Waals surface area contributed by atoms with Crippen LogP contribution < -0.4 is 5.32 Å². The maximum Gasteiger partial charge on any atom is 0.383 e. The summed E-state index contributed by atoms with van der Waals surface area (Å²) in [6.45, 7) is 1.38. The lowest BCUT2D eigenvalue weighted by Gasteiger charge is -2.19. The van der Waals surface area contributed by atoms with E-state index in [2.05, 4.69) is 0 Å². The van der Waals surface area contributed by atoms with Gasteiger partial charge in [0.05, 0.1) is 17.7 Å². The number of carbonyl (C=O) groups is 1. The molecule has 1 aromatic carbocycles. The topological polar surface area (TPSA) is 52.9 Å². The highest BCUT2D eigenvalue weighted by molar-refractivity contribution is 5.84. The third-order valence-corrected chi connectivity index (χ3v) is 2.46. The van der Waals surface area contributed by atoms with Gasteiger partial charge in [0.1, 0.15) is 0 Å². The molecule has 1 atom stereocenters. The minimum absolute atomic E-state index is 0.361. The van der Waals surface area contributed by atoms with Gasteiger partial charge in [0.2, 0.25) is 0 Å². The summed E-state index contributed by atoms with van der Waals surface area (Å²) in [4.78, 5) is 11.0. The Kier molecular flexibility index (Phi) is 4.48. The fourth-order valence-corrected chi connectivity index (χ4v) is 1.32. The molecule has 1 amide bonds. The number of hydrogen-bond donors (Lipinski definition) is 1. The van der Waals surface area contributed by atoms with Gasteiger partial charge in [-0.3, -0.25) is 4.79 Å². The van der Waals surface area contributed by atoms with Gasteiger partial charge in [-0.2, -0.15) is 14.0 Å². The number of carbonyl (C=O) groups excluding carboxylic acids is 1. The van der Waals surface area contributed by atoms with Crippen LogP contribution in [0.2, 0.25) is 0 Å². The van der Waals surface area contributed by atoms with Crippen molar-refractivity contribution in [2.24, 2.45) is 0 Å². The van der Waals surface area contributed by atoms with Crippen molar-refractivity contribution in [1.29, 1.82) is 5.26 Å². The van der Waals surface area contributed by atoms with Crippen molar-refractivity contribution >= 4 is 5.91 Å². The van der Waals surface area contributed by atoms with Gasteiger partial charge >= 0.3 is 12.3 Å². The average Bonchev–Trinajstić information content (AvgIpc) is 2.38. The summed E-state index contributed by atoms with van der Waals surface area (Å²) in [5.41, 5.74) is 0.789. The second kappa shape index (κ2) is 5.69. The number of rotatable bonds is 4. The first kappa shape index (κ1) is 15.0. The number of nitrogens with zero attached hydrogens (tertiary/aromatic N) is 1. The third kappa shape index (κ3) is 3.44. The molecule has 0 heterocycles. The van der Waals surface area contributed by atoms with Crippen LogP contribution in [0, 0.1) is 11.3 Å². The first-order chi connectivity index (χ1) is 8.78. The minimum Gasteiger partial charge on any atom is -0.344 e. The van der Waals surface area contributed by atoms with E-state index in [-0.39, 0.29) is 0 Å². The van der Waals surface area contributed by atoms with Gasteiger partial charge in [0, 0.05) is 0 Å². The Hall–Kier alpha value is -2.10. The van der Waals surface area contributed by atoms with Crippen molar-refractivity contribution in [2.45, 2.75) is 25.3 Å². The normalized spacial score (nSPS) is 12.9. The zero-order valence-electron chi connectivity index (χ0n) is 9.83. The Bertz CT molecular complexity index is 493. The molecule has 1 aromatic rings. The van der Waals surface area contributed by atoms with E-state index >= 15 is 0 Å². The van der Waals surface area contributed by atoms with Crippen LogP contribution in [0.5, 0.6) is 0 Å². The number of hydrogen-bond acceptors (Lipinski definition) is 2. The summed E-state index contributed by atoms with van der Waals surface area (Å²) in [6.07, 6.45) is -4.05. The Morgan fingerprint density at radius 1 is 1.32 bits per heavy atom. The van der Waals surface area contributed by atoms with E-state index < -0.39 is 24.3 Å². The largest absolute Gasteiger partial charge is 0.383 e. The highest BCUT2D eigenvalue weighted by Crippen LogP contribution is 2.24. The number of benzene rings is 1. The van der Waals surface area contributed by atoms with Crippen LogP contribution in [0.3, 0.4) is 0 Å². The number of halogens is 4. The molecule has 0 saturated heterocycles. The smallest absolute Gasteiger partial charge is 0.344 e. The molecular weight excluding hydrogens is 264 g/mol. The van der Waals surface area contributed by atoms with Gasteiger partial charge in [-0.1, -0.05) is 12.1 Å². The zero-order valence-corrected chi connectivity index (χ0v) is 9.83. The molecule has 1 rings (SSSR count). The van der Waals surface area contributed by atoms with Crippen LogP contribution in [0.15, 0.2) is 24.3 Å². The van der Waals surface area contributed by atoms with Gasteiger partial charge in [-0.15, -0.1) is 0 Å². The van der Waals surface area contributed by atoms with Crippen LogP contribution >= 0.6 is 0 Å². The summed E-state index contributed by atoms with van der Waals surface area (Å²) in [7, 11) is 0. The fraction of sp³-hybridized carbons (Fsp3) is 0.333. The summed E-state index contributed by atoms with van der Waals surface area (Å²) in [6, 6.07) is 6.76. The van der Waals surface area contributed by atoms with Crippen molar-refractivity contribution in [2.75, 3.05) is 0 Å². The Labute approximate surface area is 106 Å². The van der Waals surface area contributed by atoms with Crippen LogP contribution in [-0.4, -0.2) is 18.3 Å². The highest BCUT2D eigenvalue weighted by atomic mass is 19.3. The molecule has 0 radical (unpaired) electrons. The number of alkyl halides is 4. The van der Waals surface area contributed by atoms with E-state index in [1.807, 2.05) is 6.07 Å². The van der Waals surface area contributed by atoms with E-state index in [9.17, 15) is 22.4 Å². The molecule has 0 bridgehead atoms. The van der Waals surface area contributed by atoms with Crippen molar-refractivity contribution in [3.05, 3.63) is 35.4 Å². The molecule has 1 N–H and O–H groups in total. The number of nitriles is 1. The Balaban J connectivity index is 2.77. The van der Waals surface area contributed by atoms with Crippen molar-refractivity contribution in [1.82, 2.24) is 5.32 Å². The molecule has 3 nitrogen and oxygen atoms in total. The lowest BCUT2D eigenvalue weighted by Crippen LogP contribution is -2.45. The molecule has 0 fully saturated rings. The van der Waals surface area contributed by atoms with Crippen LogP contribution in [0.1, 0.15) is 24.1 Å². The van der Waals surface area contributed by atoms with E-state index in [1.165, 1.54) is 31.2 Å². The second-order valence-electron chi connectivity index (χ2n) is 3.85. The first-order valence-electron chi connectivity index (χ1n) is 5.26. The van der Waals surface area contributed by atoms with E-state index in [0.29, 0.717) is 11.1 Å². The van der Waals surface area contributed by atoms with Crippen LogP contribution in [0.25, 0.3) is 0 Å². The predicted molar refractivity (Wildman–Crippen MR) is 58.7 cm³/mol. The average molecular weight is 274 g/mol. The molecular formula is C12H10F4N2O. The van der Waals surface area contributed by atoms with E-state index in [4.69, 9.17) is 5.26 Å². The molecule has 19 heavy (non-hydrogen) atoms. The van der Waals surface area contributed by atoms with Crippen LogP contribution in [-0.2, 0) is 4.79 Å². The summed E-state index contributed by atoms with van der Waals surface area (Å²) >= 11 is 0. The van der Waals surface area contributed by atoms with Gasteiger partial charge in [-0.05, 0) is 24.6 Å². The van der Waals surface area contributed by atoms with Crippen molar-refractivity contribution in [3.8, 4) is 6.07 Å². The molecule has 1 unspecified atom stereocenters. The lowest BCUT2D eigenvalue weighted by atomic mass is 10.1. The predicted octanol–water partition coefficient (Wildman–Crippen LogP) is 2.64. The molecule has 0 aliphatic carbocycles. The first-order valence-corrected chi connectivity index (χ1v) is 5.26. The summed E-state index contributed by atoms with van der Waals surface area (Å²) in [5, 5.41) is 10.4. The SMILES string of the molecule is CC(NC(=O)C(F)(F)C(F)F)c1ccc(C#N)cc1. The quantitative estimate of drug-likeness (QED) is 0.858. The number of amides is 1. The summed E-state index contributed by atoms with van der Waals surface area (Å²) < 4.78 is 49.4. The van der Waals surface area contributed by atoms with Gasteiger partial charge in [0.15, 0.2) is 0 Å². The standard InChI is InChI=1S/C12H10F4N2O/c1-7(9-4-2-8(6-17)3-5-9)18-11(19)12(15,16)10(13)14/h2-5,7,10H,1H3,(H,18,19). The van der Waals surface area contributed by atoms with E-state index in [1.54, 1.807) is 5.32 Å². The molecule has 0 spiro atoms. The molecule has 0 aliphatic heterocycles. The molecule has 0 saturated carbocycles. The maximum atomic E-state index is 12.7. The monoisotopic (exact) mass is 274 g/mol. The zero-order chi connectivity index (χ0) is 14.6. The summed E-state index contributed by atoms with van der Waals surface area (Å²) in [5.74, 6) is -6.75.